The molecule has 0 saturated carbocycles. The third kappa shape index (κ3) is 3.01. The minimum Gasteiger partial charge on any atom is -0.504 e. The van der Waals surface area contributed by atoms with E-state index in [-0.39, 0.29) is 23.0 Å². The number of hydrogen-bond acceptors (Lipinski definition) is 6. The molecule has 22 heavy (non-hydrogen) atoms. The Morgan fingerprint density at radius 2 is 1.82 bits per heavy atom. The molecule has 0 radical (unpaired) electrons. The number of hydrogen-bond donors (Lipinski definition) is 2. The van der Waals surface area contributed by atoms with E-state index in [1.165, 1.54) is 42.5 Å². The Kier molecular flexibility index (Phi) is 3.93. The average Bonchev–Trinajstić information content (AvgIpc) is 2.54. The fourth-order valence-corrected chi connectivity index (χ4v) is 2.83. The van der Waals surface area contributed by atoms with Gasteiger partial charge in [0.15, 0.2) is 17.3 Å². The number of phenolic OH excluding ortho intramolecular Hbond substituents is 2. The van der Waals surface area contributed by atoms with Crippen molar-refractivity contribution >= 4 is 28.3 Å². The van der Waals surface area contributed by atoms with Gasteiger partial charge in [-0.25, -0.2) is 4.98 Å². The number of aromatic nitrogens is 2. The van der Waals surface area contributed by atoms with E-state index in [0.717, 1.165) is 15.7 Å². The molecule has 0 aliphatic heterocycles. The van der Waals surface area contributed by atoms with E-state index in [1.54, 1.807) is 0 Å². The summed E-state index contributed by atoms with van der Waals surface area (Å²) in [6.07, 6.45) is 4.46. The third-order valence-electron chi connectivity index (χ3n) is 3.12. The number of fused-ring (bicyclic) bond motifs is 1. The van der Waals surface area contributed by atoms with Crippen LogP contribution in [0.15, 0.2) is 53.8 Å². The van der Waals surface area contributed by atoms with Crippen LogP contribution >= 0.6 is 11.8 Å². The zero-order valence-electron chi connectivity index (χ0n) is 11.4. The second kappa shape index (κ2) is 6.03. The molecule has 5 nitrogen and oxygen atoms in total. The number of phenols is 2. The smallest absolute Gasteiger partial charge is 0.192 e. The fourth-order valence-electron chi connectivity index (χ4n) is 2.01. The van der Waals surface area contributed by atoms with Crippen LogP contribution in [0.2, 0.25) is 0 Å². The molecular weight excluding hydrogens is 300 g/mol. The van der Waals surface area contributed by atoms with E-state index in [4.69, 9.17) is 0 Å². The molecule has 110 valence electrons. The van der Waals surface area contributed by atoms with Gasteiger partial charge in [-0.1, -0.05) is 6.07 Å². The largest absolute Gasteiger partial charge is 0.504 e. The van der Waals surface area contributed by atoms with Crippen LogP contribution < -0.4 is 0 Å². The topological polar surface area (TPSA) is 83.3 Å². The van der Waals surface area contributed by atoms with E-state index in [2.05, 4.69) is 9.97 Å². The normalized spacial score (nSPS) is 10.7. The highest BCUT2D eigenvalue weighted by molar-refractivity contribution is 8.00. The zero-order chi connectivity index (χ0) is 15.5. The first kappa shape index (κ1) is 14.3. The second-order valence-corrected chi connectivity index (χ2v) is 5.70. The minimum atomic E-state index is -0.162. The summed E-state index contributed by atoms with van der Waals surface area (Å²) in [4.78, 5) is 20.7. The van der Waals surface area contributed by atoms with Gasteiger partial charge in [-0.15, -0.1) is 11.8 Å². The van der Waals surface area contributed by atoms with Gasteiger partial charge >= 0.3 is 0 Å². The molecule has 0 bridgehead atoms. The number of carbonyl (C=O) groups is 1. The number of thioether (sulfide) groups is 1. The van der Waals surface area contributed by atoms with Crippen LogP contribution in [0.3, 0.4) is 0 Å². The van der Waals surface area contributed by atoms with Gasteiger partial charge in [0.2, 0.25) is 0 Å². The fraction of sp³-hybridized carbons (Fsp3) is 0.0625. The second-order valence-electron chi connectivity index (χ2n) is 4.65. The first-order valence-electron chi connectivity index (χ1n) is 6.51. The lowest BCUT2D eigenvalue weighted by atomic mass is 10.1. The maximum Gasteiger partial charge on any atom is 0.192 e. The van der Waals surface area contributed by atoms with Crippen LogP contribution in [-0.4, -0.2) is 31.7 Å². The van der Waals surface area contributed by atoms with Gasteiger partial charge in [0.05, 0.1) is 11.9 Å². The monoisotopic (exact) mass is 312 g/mol. The molecule has 0 aliphatic carbocycles. The molecular formula is C16H12N2O3S. The van der Waals surface area contributed by atoms with Gasteiger partial charge in [0.1, 0.15) is 5.69 Å². The summed E-state index contributed by atoms with van der Waals surface area (Å²) in [5, 5.41) is 20.6. The standard InChI is InChI=1S/C16H12N2O3S/c19-14-6-10-1-2-12(5-11(10)7-15(14)20)22-9-16(21)13-8-17-3-4-18-13/h1-8,19-20H,9H2. The summed E-state index contributed by atoms with van der Waals surface area (Å²) >= 11 is 1.39. The number of carbonyl (C=O) groups excluding carboxylic acids is 1. The zero-order valence-corrected chi connectivity index (χ0v) is 12.2. The van der Waals surface area contributed by atoms with Crippen molar-refractivity contribution in [3.05, 3.63) is 54.6 Å². The lowest BCUT2D eigenvalue weighted by Gasteiger charge is -2.05. The van der Waals surface area contributed by atoms with Gasteiger partial charge in [-0.05, 0) is 35.0 Å². The molecule has 2 N–H and O–H groups in total. The van der Waals surface area contributed by atoms with Crippen molar-refractivity contribution in [3.8, 4) is 11.5 Å². The van der Waals surface area contributed by atoms with E-state index in [1.807, 2.05) is 18.2 Å². The van der Waals surface area contributed by atoms with Crippen LogP contribution in [-0.2, 0) is 0 Å². The van der Waals surface area contributed by atoms with Crippen LogP contribution in [0.1, 0.15) is 10.5 Å². The molecule has 0 unspecified atom stereocenters. The summed E-state index contributed by atoms with van der Waals surface area (Å²) in [7, 11) is 0. The third-order valence-corrected chi connectivity index (χ3v) is 4.12. The van der Waals surface area contributed by atoms with Crippen molar-refractivity contribution in [1.82, 2.24) is 9.97 Å². The van der Waals surface area contributed by atoms with E-state index in [9.17, 15) is 15.0 Å². The van der Waals surface area contributed by atoms with Gasteiger partial charge in [-0.2, -0.15) is 0 Å². The molecule has 0 fully saturated rings. The highest BCUT2D eigenvalue weighted by atomic mass is 32.2. The number of benzene rings is 2. The summed E-state index contributed by atoms with van der Waals surface area (Å²) in [6, 6.07) is 8.57. The van der Waals surface area contributed by atoms with Gasteiger partial charge < -0.3 is 10.2 Å². The summed E-state index contributed by atoms with van der Waals surface area (Å²) in [6.45, 7) is 0. The predicted octanol–water partition coefficient (Wildman–Crippen LogP) is 3.02. The van der Waals surface area contributed by atoms with Crippen molar-refractivity contribution < 1.29 is 15.0 Å². The summed E-state index contributed by atoms with van der Waals surface area (Å²) in [5.74, 6) is -0.142. The van der Waals surface area contributed by atoms with Crippen LogP contribution in [0.5, 0.6) is 11.5 Å². The Labute approximate surface area is 130 Å². The highest BCUT2D eigenvalue weighted by Gasteiger charge is 2.09. The SMILES string of the molecule is O=C(CSc1ccc2cc(O)c(O)cc2c1)c1cnccn1. The lowest BCUT2D eigenvalue weighted by molar-refractivity contribution is 0.101. The number of rotatable bonds is 4. The van der Waals surface area contributed by atoms with Crippen LogP contribution in [0.4, 0.5) is 0 Å². The number of Topliss-reactive ketones (excluding diaryl/α,β-unsaturated/α-hetero) is 1. The highest BCUT2D eigenvalue weighted by Crippen LogP contribution is 2.32. The quantitative estimate of drug-likeness (QED) is 0.438. The molecule has 0 amide bonds. The molecule has 3 aromatic rings. The minimum absolute atomic E-state index is 0.0910. The Hall–Kier alpha value is -2.60. The molecule has 2 aromatic carbocycles. The van der Waals surface area contributed by atoms with Gasteiger partial charge in [-0.3, -0.25) is 9.78 Å². The van der Waals surface area contributed by atoms with Crippen molar-refractivity contribution in [2.45, 2.75) is 4.90 Å². The average molecular weight is 312 g/mol. The van der Waals surface area contributed by atoms with E-state index in [0.29, 0.717) is 5.69 Å². The molecule has 0 atom stereocenters. The number of nitrogens with zero attached hydrogens (tertiary/aromatic N) is 2. The number of aromatic hydroxyl groups is 2. The first-order valence-corrected chi connectivity index (χ1v) is 7.50. The van der Waals surface area contributed by atoms with Crippen LogP contribution in [0, 0.1) is 0 Å². The van der Waals surface area contributed by atoms with Crippen molar-refractivity contribution in [3.63, 3.8) is 0 Å². The van der Waals surface area contributed by atoms with E-state index < -0.39 is 0 Å². The molecule has 1 aromatic heterocycles. The Morgan fingerprint density at radius 3 is 2.55 bits per heavy atom. The van der Waals surface area contributed by atoms with E-state index >= 15 is 0 Å². The number of ketones is 1. The van der Waals surface area contributed by atoms with Crippen molar-refractivity contribution in [2.75, 3.05) is 5.75 Å². The molecule has 1 heterocycles. The first-order chi connectivity index (χ1) is 10.6. The predicted molar refractivity (Wildman–Crippen MR) is 84.4 cm³/mol. The summed E-state index contributed by atoms with van der Waals surface area (Å²) in [5.41, 5.74) is 0.346. The molecule has 3 rings (SSSR count). The van der Waals surface area contributed by atoms with Gasteiger partial charge in [0.25, 0.3) is 0 Å². The van der Waals surface area contributed by atoms with Crippen LogP contribution in [0.25, 0.3) is 10.8 Å². The van der Waals surface area contributed by atoms with Gasteiger partial charge in [0, 0.05) is 17.3 Å². The Bertz CT molecular complexity index is 837. The molecule has 0 saturated heterocycles. The molecule has 0 aliphatic rings. The summed E-state index contributed by atoms with van der Waals surface area (Å²) < 4.78 is 0. The Balaban J connectivity index is 1.77. The molecule has 6 heteroatoms. The Morgan fingerprint density at radius 1 is 1.05 bits per heavy atom. The lowest BCUT2D eigenvalue weighted by Crippen LogP contribution is -2.05. The molecule has 0 spiro atoms. The maximum absolute atomic E-state index is 12.0. The van der Waals surface area contributed by atoms with Crippen molar-refractivity contribution in [1.29, 1.82) is 0 Å². The maximum atomic E-state index is 12.0. The van der Waals surface area contributed by atoms with Crippen molar-refractivity contribution in [2.24, 2.45) is 0 Å².